The van der Waals surface area contributed by atoms with Gasteiger partial charge in [-0.05, 0) is 25.1 Å². The van der Waals surface area contributed by atoms with E-state index in [2.05, 4.69) is 19.6 Å². The van der Waals surface area contributed by atoms with Gasteiger partial charge in [-0.2, -0.15) is 5.10 Å². The Labute approximate surface area is 132 Å². The summed E-state index contributed by atoms with van der Waals surface area (Å²) < 4.78 is 3.81. The van der Waals surface area contributed by atoms with Gasteiger partial charge in [0.05, 0.1) is 16.4 Å². The first-order chi connectivity index (χ1) is 10.0. The van der Waals surface area contributed by atoms with E-state index in [1.807, 2.05) is 32.2 Å². The zero-order valence-corrected chi connectivity index (χ0v) is 13.3. The Morgan fingerprint density at radius 1 is 1.33 bits per heavy atom. The number of aryl methyl sites for hydroxylation is 3. The molecule has 0 saturated heterocycles. The number of aromatic nitrogens is 5. The molecular formula is C14H15Cl2N5. The van der Waals surface area contributed by atoms with E-state index in [9.17, 15) is 0 Å². The number of hydrogen-bond acceptors (Lipinski definition) is 3. The highest BCUT2D eigenvalue weighted by Crippen LogP contribution is 2.26. The van der Waals surface area contributed by atoms with Crippen LogP contribution in [0.15, 0.2) is 24.5 Å². The number of benzene rings is 1. The van der Waals surface area contributed by atoms with Crippen molar-refractivity contribution < 1.29 is 0 Å². The molecule has 3 aromatic rings. The Morgan fingerprint density at radius 2 is 2.14 bits per heavy atom. The number of nitrogens with zero attached hydrogens (tertiary/aromatic N) is 5. The summed E-state index contributed by atoms with van der Waals surface area (Å²) in [6.45, 7) is 2.65. The largest absolute Gasteiger partial charge is 0.326 e. The van der Waals surface area contributed by atoms with E-state index in [-0.39, 0.29) is 5.38 Å². The van der Waals surface area contributed by atoms with Gasteiger partial charge in [-0.15, -0.1) is 11.6 Å². The second-order valence-corrected chi connectivity index (χ2v) is 6.05. The molecule has 7 heteroatoms. The summed E-state index contributed by atoms with van der Waals surface area (Å²) in [4.78, 5) is 8.84. The molecule has 0 amide bonds. The van der Waals surface area contributed by atoms with Gasteiger partial charge in [0.1, 0.15) is 12.2 Å². The molecule has 0 N–H and O–H groups in total. The fourth-order valence-corrected chi connectivity index (χ4v) is 2.70. The van der Waals surface area contributed by atoms with Crippen LogP contribution in [0.1, 0.15) is 23.9 Å². The van der Waals surface area contributed by atoms with Crippen LogP contribution in [0.5, 0.6) is 0 Å². The van der Waals surface area contributed by atoms with Gasteiger partial charge in [0.2, 0.25) is 0 Å². The average Bonchev–Trinajstić information content (AvgIpc) is 2.99. The quantitative estimate of drug-likeness (QED) is 0.692. The van der Waals surface area contributed by atoms with E-state index in [0.717, 1.165) is 35.6 Å². The van der Waals surface area contributed by atoms with Crippen LogP contribution in [0.2, 0.25) is 5.02 Å². The number of halogens is 2. The lowest BCUT2D eigenvalue weighted by molar-refractivity contribution is 0.641. The molecule has 0 aliphatic carbocycles. The van der Waals surface area contributed by atoms with Crippen molar-refractivity contribution in [2.45, 2.75) is 25.3 Å². The van der Waals surface area contributed by atoms with E-state index in [1.165, 1.54) is 0 Å². The minimum atomic E-state index is -0.173. The summed E-state index contributed by atoms with van der Waals surface area (Å²) in [6, 6.07) is 5.69. The molecule has 0 spiro atoms. The van der Waals surface area contributed by atoms with Crippen molar-refractivity contribution in [1.82, 2.24) is 24.3 Å². The fraction of sp³-hybridized carbons (Fsp3) is 0.357. The lowest BCUT2D eigenvalue weighted by Gasteiger charge is -2.09. The average molecular weight is 324 g/mol. The lowest BCUT2D eigenvalue weighted by atomic mass is 10.3. The van der Waals surface area contributed by atoms with Gasteiger partial charge in [-0.3, -0.25) is 4.68 Å². The van der Waals surface area contributed by atoms with E-state index < -0.39 is 0 Å². The van der Waals surface area contributed by atoms with Crippen molar-refractivity contribution in [3.8, 4) is 0 Å². The highest BCUT2D eigenvalue weighted by molar-refractivity contribution is 6.31. The maximum atomic E-state index is 6.25. The molecule has 0 fully saturated rings. The molecule has 21 heavy (non-hydrogen) atoms. The third-order valence-electron chi connectivity index (χ3n) is 3.30. The smallest absolute Gasteiger partial charge is 0.152 e. The van der Waals surface area contributed by atoms with Crippen molar-refractivity contribution in [1.29, 1.82) is 0 Å². The molecule has 0 bridgehead atoms. The first-order valence-electron chi connectivity index (χ1n) is 6.69. The topological polar surface area (TPSA) is 48.5 Å². The Bertz CT molecular complexity index is 775. The third kappa shape index (κ3) is 2.89. The molecule has 0 aliphatic rings. The number of imidazole rings is 1. The Morgan fingerprint density at radius 3 is 2.81 bits per heavy atom. The molecule has 0 aliphatic heterocycles. The third-order valence-corrected chi connectivity index (χ3v) is 3.73. The molecule has 1 aromatic carbocycles. The maximum absolute atomic E-state index is 6.25. The molecule has 0 radical (unpaired) electrons. The highest BCUT2D eigenvalue weighted by Gasteiger charge is 2.15. The molecule has 2 heterocycles. The van der Waals surface area contributed by atoms with E-state index in [0.29, 0.717) is 5.02 Å². The van der Waals surface area contributed by atoms with Crippen LogP contribution in [0.25, 0.3) is 11.0 Å². The molecule has 3 rings (SSSR count). The molecule has 110 valence electrons. The fourth-order valence-electron chi connectivity index (χ4n) is 2.37. The Hall–Kier alpha value is -1.59. The van der Waals surface area contributed by atoms with Crippen LogP contribution in [-0.4, -0.2) is 24.3 Å². The molecule has 1 unspecified atom stereocenters. The zero-order valence-electron chi connectivity index (χ0n) is 11.8. The van der Waals surface area contributed by atoms with Crippen LogP contribution in [0.4, 0.5) is 0 Å². The summed E-state index contributed by atoms with van der Waals surface area (Å²) in [5.41, 5.74) is 1.89. The van der Waals surface area contributed by atoms with E-state index >= 15 is 0 Å². The van der Waals surface area contributed by atoms with Gasteiger partial charge < -0.3 is 4.57 Å². The zero-order chi connectivity index (χ0) is 15.0. The summed E-state index contributed by atoms with van der Waals surface area (Å²) >= 11 is 12.3. The summed E-state index contributed by atoms with van der Waals surface area (Å²) in [7, 11) is 1.86. The van der Waals surface area contributed by atoms with Crippen LogP contribution < -0.4 is 0 Å². The van der Waals surface area contributed by atoms with Gasteiger partial charge in [0.15, 0.2) is 5.82 Å². The molecule has 1 atom stereocenters. The second-order valence-electron chi connectivity index (χ2n) is 4.96. The van der Waals surface area contributed by atoms with Gasteiger partial charge in [-0.25, -0.2) is 9.97 Å². The lowest BCUT2D eigenvalue weighted by Crippen LogP contribution is -2.08. The minimum absolute atomic E-state index is 0.173. The van der Waals surface area contributed by atoms with Gasteiger partial charge in [-0.1, -0.05) is 11.6 Å². The Kier molecular flexibility index (Phi) is 3.87. The minimum Gasteiger partial charge on any atom is -0.326 e. The number of alkyl halides is 1. The van der Waals surface area contributed by atoms with E-state index in [4.69, 9.17) is 23.2 Å². The normalized spacial score (nSPS) is 13.0. The predicted octanol–water partition coefficient (Wildman–Crippen LogP) is 3.36. The van der Waals surface area contributed by atoms with Crippen molar-refractivity contribution in [3.63, 3.8) is 0 Å². The van der Waals surface area contributed by atoms with Crippen LogP contribution in [0.3, 0.4) is 0 Å². The van der Waals surface area contributed by atoms with E-state index in [1.54, 1.807) is 11.0 Å². The second kappa shape index (κ2) is 5.66. The van der Waals surface area contributed by atoms with Crippen LogP contribution in [-0.2, 0) is 20.0 Å². The van der Waals surface area contributed by atoms with Gasteiger partial charge in [0, 0.05) is 25.0 Å². The predicted molar refractivity (Wildman–Crippen MR) is 83.7 cm³/mol. The molecular weight excluding hydrogens is 309 g/mol. The molecule has 2 aromatic heterocycles. The number of fused-ring (bicyclic) bond motifs is 1. The maximum Gasteiger partial charge on any atom is 0.152 e. The number of rotatable bonds is 4. The first-order valence-corrected chi connectivity index (χ1v) is 7.50. The van der Waals surface area contributed by atoms with Crippen molar-refractivity contribution in [3.05, 3.63) is 41.2 Å². The summed E-state index contributed by atoms with van der Waals surface area (Å²) in [5.74, 6) is 1.64. The highest BCUT2D eigenvalue weighted by atomic mass is 35.5. The van der Waals surface area contributed by atoms with Crippen molar-refractivity contribution >= 4 is 34.2 Å². The molecule has 5 nitrogen and oxygen atoms in total. The standard InChI is InChI=1S/C14H15Cl2N5/c1-9(15)14-18-11-7-10(16)3-4-12(11)21(14)6-5-13-17-8-20(2)19-13/h3-4,7-9H,5-6H2,1-2H3. The monoisotopic (exact) mass is 323 g/mol. The number of hydrogen-bond donors (Lipinski definition) is 0. The summed E-state index contributed by atoms with van der Waals surface area (Å²) in [6.07, 6.45) is 2.43. The summed E-state index contributed by atoms with van der Waals surface area (Å²) in [5, 5.41) is 4.80. The van der Waals surface area contributed by atoms with Gasteiger partial charge in [0.25, 0.3) is 0 Å². The van der Waals surface area contributed by atoms with Gasteiger partial charge >= 0.3 is 0 Å². The SMILES string of the molecule is CC(Cl)c1nc2cc(Cl)ccc2n1CCc1ncn(C)n1. The first kappa shape index (κ1) is 14.4. The van der Waals surface area contributed by atoms with Crippen molar-refractivity contribution in [2.24, 2.45) is 7.05 Å². The van der Waals surface area contributed by atoms with Crippen LogP contribution >= 0.6 is 23.2 Å². The Balaban J connectivity index is 1.97. The molecule has 0 saturated carbocycles. The van der Waals surface area contributed by atoms with Crippen molar-refractivity contribution in [2.75, 3.05) is 0 Å². The van der Waals surface area contributed by atoms with Crippen LogP contribution in [0, 0.1) is 0 Å².